The van der Waals surface area contributed by atoms with Gasteiger partial charge in [-0.1, -0.05) is 69.3 Å². The third-order valence-corrected chi connectivity index (χ3v) is 11.2. The highest BCUT2D eigenvalue weighted by Crippen LogP contribution is 2.38. The molecule has 5 heterocycles. The van der Waals surface area contributed by atoms with Crippen LogP contribution in [0.3, 0.4) is 0 Å². The maximum absolute atomic E-state index is 13.5. The summed E-state index contributed by atoms with van der Waals surface area (Å²) in [6.07, 6.45) is 10.9. The number of benzene rings is 2. The highest BCUT2D eigenvalue weighted by Gasteiger charge is 2.44. The minimum atomic E-state index is -0.639. The summed E-state index contributed by atoms with van der Waals surface area (Å²) in [4.78, 5) is 52.1. The van der Waals surface area contributed by atoms with Gasteiger partial charge in [0.1, 0.15) is 6.04 Å². The number of nitrogens with zero attached hydrogens (tertiary/aromatic N) is 4. The Kier molecular flexibility index (Phi) is 9.27. The number of nitrogens with one attached hydrogen (secondary N) is 1. The number of methoxy groups -OCH3 is 1. The zero-order valence-corrected chi connectivity index (χ0v) is 29.0. The fourth-order valence-electron chi connectivity index (χ4n) is 8.31. The average molecular weight is 662 g/mol. The van der Waals surface area contributed by atoms with Crippen LogP contribution in [0, 0.1) is 11.8 Å². The smallest absolute Gasteiger partial charge is 0.407 e. The second-order valence-corrected chi connectivity index (χ2v) is 14.6. The number of hydrogen-bond acceptors (Lipinski definition) is 6. The van der Waals surface area contributed by atoms with Crippen LogP contribution in [0.25, 0.3) is 22.3 Å². The van der Waals surface area contributed by atoms with Crippen molar-refractivity contribution in [2.24, 2.45) is 21.8 Å². The number of piperidine rings is 1. The lowest BCUT2D eigenvalue weighted by atomic mass is 9.93. The summed E-state index contributed by atoms with van der Waals surface area (Å²) in [6, 6.07) is 17.1. The zero-order valence-electron chi connectivity index (χ0n) is 29.0. The van der Waals surface area contributed by atoms with Gasteiger partial charge in [0, 0.05) is 55.2 Å². The number of carbonyl (C=O) groups is 3. The number of alkyl carbamates (subject to hydrolysis) is 1. The molecule has 3 fully saturated rings. The normalized spacial score (nSPS) is 25.5. The Morgan fingerprint density at radius 3 is 1.92 bits per heavy atom. The van der Waals surface area contributed by atoms with Crippen LogP contribution < -0.4 is 5.32 Å². The van der Waals surface area contributed by atoms with Crippen molar-refractivity contribution in [2.75, 3.05) is 13.7 Å². The molecule has 9 nitrogen and oxygen atoms in total. The Hall–Kier alpha value is -4.53. The SMILES string of the molecule is COC(=O)N[C@H](C(=O)N1CCC[C@H]1C1=NC=C(c2ccc(-c3ccc(C4=CN=C([C@@H]5CC[C@@H]6CC[C@H](C)C(=O)N65)C4)cc3)cc2)C1)C(C)C. The molecule has 2 aromatic rings. The standard InChI is InChI=1S/C40H47N5O4/c1-24(2)37(43-40(48)49-4)39(47)44-19-5-6-35(44)33-20-30(22-41-33)28-12-8-26(9-13-28)27-10-14-29(15-11-27)31-21-34(42-23-31)36-18-17-32-16-7-25(3)38(46)45(32)36/h8-15,22-25,32,35-37H,5-7,16-21H2,1-4H3,(H,43,48)/t25-,32-,35-,36-,37-/m0/s1. The zero-order chi connectivity index (χ0) is 34.2. The van der Waals surface area contributed by atoms with E-state index in [1.165, 1.54) is 18.2 Å². The highest BCUT2D eigenvalue weighted by molar-refractivity contribution is 6.04. The first-order valence-corrected chi connectivity index (χ1v) is 17.9. The molecule has 5 aliphatic heterocycles. The number of ether oxygens (including phenoxy) is 1. The van der Waals surface area contributed by atoms with E-state index in [1.807, 2.05) is 31.1 Å². The van der Waals surface area contributed by atoms with E-state index in [4.69, 9.17) is 14.7 Å². The van der Waals surface area contributed by atoms with Gasteiger partial charge in [-0.15, -0.1) is 0 Å². The van der Waals surface area contributed by atoms with Crippen LogP contribution in [0.2, 0.25) is 0 Å². The Bertz CT molecular complexity index is 1740. The number of rotatable bonds is 8. The van der Waals surface area contributed by atoms with Gasteiger partial charge in [0.25, 0.3) is 0 Å². The molecular weight excluding hydrogens is 614 g/mol. The summed E-state index contributed by atoms with van der Waals surface area (Å²) < 4.78 is 4.76. The van der Waals surface area contributed by atoms with Crippen molar-refractivity contribution >= 4 is 40.5 Å². The van der Waals surface area contributed by atoms with Crippen LogP contribution >= 0.6 is 0 Å². The predicted octanol–water partition coefficient (Wildman–Crippen LogP) is 6.89. The third kappa shape index (κ3) is 6.47. The van der Waals surface area contributed by atoms with E-state index in [0.717, 1.165) is 78.6 Å². The summed E-state index contributed by atoms with van der Waals surface area (Å²) in [5.41, 5.74) is 9.08. The van der Waals surface area contributed by atoms with Crippen LogP contribution in [0.1, 0.15) is 83.3 Å². The molecule has 2 aromatic carbocycles. The van der Waals surface area contributed by atoms with E-state index in [1.54, 1.807) is 0 Å². The molecule has 9 heteroatoms. The summed E-state index contributed by atoms with van der Waals surface area (Å²) in [7, 11) is 1.31. The molecule has 3 saturated heterocycles. The van der Waals surface area contributed by atoms with Gasteiger partial charge in [0.15, 0.2) is 0 Å². The van der Waals surface area contributed by atoms with Crippen LogP contribution in [-0.4, -0.2) is 77.0 Å². The molecule has 1 N–H and O–H groups in total. The topological polar surface area (TPSA) is 104 Å². The number of fused-ring (bicyclic) bond motifs is 1. The first-order chi connectivity index (χ1) is 23.7. The van der Waals surface area contributed by atoms with Gasteiger partial charge < -0.3 is 19.9 Å². The van der Waals surface area contributed by atoms with Crippen LogP contribution in [0.4, 0.5) is 4.79 Å². The van der Waals surface area contributed by atoms with E-state index < -0.39 is 12.1 Å². The third-order valence-electron chi connectivity index (χ3n) is 11.2. The molecule has 0 radical (unpaired) electrons. The number of likely N-dealkylation sites (tertiary alicyclic amines) is 1. The van der Waals surface area contributed by atoms with E-state index >= 15 is 0 Å². The van der Waals surface area contributed by atoms with Gasteiger partial charge in [-0.05, 0) is 77.8 Å². The molecule has 0 aromatic heterocycles. The number of amides is 3. The molecule has 0 spiro atoms. The molecule has 3 amide bonds. The monoisotopic (exact) mass is 661 g/mol. The number of allylic oxidation sites excluding steroid dienone is 2. The second-order valence-electron chi connectivity index (χ2n) is 14.6. The van der Waals surface area contributed by atoms with Crippen molar-refractivity contribution in [3.8, 4) is 11.1 Å². The summed E-state index contributed by atoms with van der Waals surface area (Å²) in [6.45, 7) is 6.57. The first kappa shape index (κ1) is 33.0. The molecule has 0 bridgehead atoms. The second kappa shape index (κ2) is 13.8. The van der Waals surface area contributed by atoms with Crippen LogP contribution in [0.5, 0.6) is 0 Å². The van der Waals surface area contributed by atoms with Gasteiger partial charge in [-0.3, -0.25) is 19.6 Å². The van der Waals surface area contributed by atoms with Gasteiger partial charge >= 0.3 is 6.09 Å². The fraction of sp³-hybridized carbons (Fsp3) is 0.475. The van der Waals surface area contributed by atoms with Crippen molar-refractivity contribution in [3.05, 3.63) is 72.1 Å². The van der Waals surface area contributed by atoms with Crippen molar-refractivity contribution < 1.29 is 19.1 Å². The van der Waals surface area contributed by atoms with Crippen molar-refractivity contribution in [1.29, 1.82) is 0 Å². The Balaban J connectivity index is 0.950. The summed E-state index contributed by atoms with van der Waals surface area (Å²) in [5.74, 6) is 0.281. The number of hydrogen-bond donors (Lipinski definition) is 1. The molecule has 256 valence electrons. The van der Waals surface area contributed by atoms with E-state index in [2.05, 4.69) is 65.7 Å². The first-order valence-electron chi connectivity index (χ1n) is 17.9. The van der Waals surface area contributed by atoms with Gasteiger partial charge in [0.05, 0.1) is 19.2 Å². The number of aliphatic imine (C=N–C) groups is 2. The molecular formula is C40H47N5O4. The molecule has 0 saturated carbocycles. The molecule has 5 atom stereocenters. The van der Waals surface area contributed by atoms with E-state index in [9.17, 15) is 14.4 Å². The maximum atomic E-state index is 13.5. The number of carbonyl (C=O) groups excluding carboxylic acids is 3. The lowest BCUT2D eigenvalue weighted by Crippen LogP contribution is -2.53. The average Bonchev–Trinajstić information content (AvgIpc) is 3.94. The van der Waals surface area contributed by atoms with Gasteiger partial charge in [-0.25, -0.2) is 4.79 Å². The quantitative estimate of drug-likeness (QED) is 0.333. The Morgan fingerprint density at radius 2 is 1.35 bits per heavy atom. The highest BCUT2D eigenvalue weighted by atomic mass is 16.5. The molecule has 0 unspecified atom stereocenters. The minimum Gasteiger partial charge on any atom is -0.453 e. The minimum absolute atomic E-state index is 0.0649. The van der Waals surface area contributed by atoms with Crippen molar-refractivity contribution in [3.63, 3.8) is 0 Å². The van der Waals surface area contributed by atoms with Gasteiger partial charge in [-0.2, -0.15) is 0 Å². The lowest BCUT2D eigenvalue weighted by Gasteiger charge is -2.37. The molecule has 0 aliphatic carbocycles. The summed E-state index contributed by atoms with van der Waals surface area (Å²) >= 11 is 0. The van der Waals surface area contributed by atoms with Gasteiger partial charge in [0.2, 0.25) is 11.8 Å². The fourth-order valence-corrected chi connectivity index (χ4v) is 8.31. The van der Waals surface area contributed by atoms with E-state index in [-0.39, 0.29) is 29.8 Å². The summed E-state index contributed by atoms with van der Waals surface area (Å²) in [5, 5.41) is 2.72. The lowest BCUT2D eigenvalue weighted by molar-refractivity contribution is -0.140. The Labute approximate surface area is 289 Å². The van der Waals surface area contributed by atoms with Crippen LogP contribution in [-0.2, 0) is 14.3 Å². The Morgan fingerprint density at radius 1 is 0.796 bits per heavy atom. The molecule has 5 aliphatic rings. The van der Waals surface area contributed by atoms with Crippen molar-refractivity contribution in [2.45, 2.75) is 96.3 Å². The maximum Gasteiger partial charge on any atom is 0.407 e. The molecule has 49 heavy (non-hydrogen) atoms. The molecule has 7 rings (SSSR count). The van der Waals surface area contributed by atoms with Crippen molar-refractivity contribution in [1.82, 2.24) is 15.1 Å². The van der Waals surface area contributed by atoms with E-state index in [0.29, 0.717) is 24.9 Å². The largest absolute Gasteiger partial charge is 0.453 e. The van der Waals surface area contributed by atoms with Crippen LogP contribution in [0.15, 0.2) is 70.9 Å². The predicted molar refractivity (Wildman–Crippen MR) is 193 cm³/mol.